The number of aryl methyl sites for hydroxylation is 3. The third kappa shape index (κ3) is 4.50. The number of rotatable bonds is 5. The first-order valence-corrected chi connectivity index (χ1v) is 8.90. The van der Waals surface area contributed by atoms with Crippen LogP contribution in [0, 0.1) is 20.8 Å². The van der Waals surface area contributed by atoms with E-state index in [9.17, 15) is 4.79 Å². The predicted molar refractivity (Wildman–Crippen MR) is 109 cm³/mol. The summed E-state index contributed by atoms with van der Waals surface area (Å²) < 4.78 is 0. The fourth-order valence-corrected chi connectivity index (χ4v) is 3.13. The molecule has 3 rings (SSSR count). The summed E-state index contributed by atoms with van der Waals surface area (Å²) in [5, 5.41) is 2.98. The number of nitrogens with zero attached hydrogens (tertiary/aromatic N) is 3. The lowest BCUT2D eigenvalue weighted by molar-refractivity contribution is 0.102. The summed E-state index contributed by atoms with van der Waals surface area (Å²) >= 11 is 0. The highest BCUT2D eigenvalue weighted by molar-refractivity contribution is 6.04. The number of carbonyl (C=O) groups is 1. The number of aromatic nitrogens is 2. The fraction of sp³-hybridized carbons (Fsp3) is 0.227. The van der Waals surface area contributed by atoms with Crippen molar-refractivity contribution in [3.05, 3.63) is 82.7 Å². The minimum absolute atomic E-state index is 0.206. The second-order valence-electron chi connectivity index (χ2n) is 6.84. The van der Waals surface area contributed by atoms with Gasteiger partial charge in [0.25, 0.3) is 5.91 Å². The third-order valence-corrected chi connectivity index (χ3v) is 4.42. The average molecular weight is 360 g/mol. The van der Waals surface area contributed by atoms with Gasteiger partial charge in [-0.05, 0) is 37.5 Å². The van der Waals surface area contributed by atoms with Gasteiger partial charge in [0.2, 0.25) is 5.95 Å². The maximum absolute atomic E-state index is 12.6. The molecule has 5 heteroatoms. The van der Waals surface area contributed by atoms with E-state index in [4.69, 9.17) is 0 Å². The zero-order chi connectivity index (χ0) is 19.4. The highest BCUT2D eigenvalue weighted by atomic mass is 16.1. The third-order valence-electron chi connectivity index (χ3n) is 4.42. The Morgan fingerprint density at radius 3 is 2.19 bits per heavy atom. The molecule has 0 atom stereocenters. The van der Waals surface area contributed by atoms with Gasteiger partial charge in [-0.2, -0.15) is 0 Å². The lowest BCUT2D eigenvalue weighted by Crippen LogP contribution is -2.20. The molecular formula is C22H24N4O. The van der Waals surface area contributed by atoms with Crippen molar-refractivity contribution >= 4 is 17.5 Å². The Kier molecular flexibility index (Phi) is 5.50. The van der Waals surface area contributed by atoms with Crippen LogP contribution in [0.2, 0.25) is 0 Å². The maximum atomic E-state index is 12.6. The van der Waals surface area contributed by atoms with Crippen molar-refractivity contribution in [1.82, 2.24) is 9.97 Å². The van der Waals surface area contributed by atoms with Gasteiger partial charge in [0.05, 0.1) is 5.56 Å². The summed E-state index contributed by atoms with van der Waals surface area (Å²) in [5.41, 5.74) is 5.72. The summed E-state index contributed by atoms with van der Waals surface area (Å²) in [5.74, 6) is 0.375. The molecule has 5 nitrogen and oxygen atoms in total. The molecular weight excluding hydrogens is 336 g/mol. The lowest BCUT2D eigenvalue weighted by atomic mass is 10.0. The van der Waals surface area contributed by atoms with E-state index < -0.39 is 0 Å². The Balaban J connectivity index is 1.70. The number of amides is 1. The molecule has 27 heavy (non-hydrogen) atoms. The zero-order valence-electron chi connectivity index (χ0n) is 16.2. The van der Waals surface area contributed by atoms with Gasteiger partial charge in [-0.15, -0.1) is 0 Å². The number of hydrogen-bond acceptors (Lipinski definition) is 4. The minimum atomic E-state index is -0.206. The normalized spacial score (nSPS) is 10.5. The Morgan fingerprint density at radius 2 is 1.59 bits per heavy atom. The van der Waals surface area contributed by atoms with Gasteiger partial charge in [0.15, 0.2) is 0 Å². The summed E-state index contributed by atoms with van der Waals surface area (Å²) in [6, 6.07) is 14.2. The number of hydrogen-bond donors (Lipinski definition) is 1. The van der Waals surface area contributed by atoms with Gasteiger partial charge in [0, 0.05) is 31.7 Å². The van der Waals surface area contributed by atoms with E-state index >= 15 is 0 Å². The average Bonchev–Trinajstić information content (AvgIpc) is 2.65. The van der Waals surface area contributed by atoms with Crippen LogP contribution in [-0.2, 0) is 6.54 Å². The summed E-state index contributed by atoms with van der Waals surface area (Å²) in [6.45, 7) is 6.74. The first-order chi connectivity index (χ1) is 12.9. The second kappa shape index (κ2) is 7.99. The van der Waals surface area contributed by atoms with Crippen LogP contribution in [0.15, 0.2) is 54.9 Å². The molecule has 0 saturated carbocycles. The Labute approximate surface area is 160 Å². The Bertz CT molecular complexity index is 913. The van der Waals surface area contributed by atoms with Gasteiger partial charge in [-0.25, -0.2) is 9.97 Å². The fourth-order valence-electron chi connectivity index (χ4n) is 3.13. The van der Waals surface area contributed by atoms with E-state index in [0.717, 1.165) is 16.8 Å². The molecule has 1 heterocycles. The van der Waals surface area contributed by atoms with E-state index in [1.165, 1.54) is 11.1 Å². The van der Waals surface area contributed by atoms with E-state index in [0.29, 0.717) is 18.1 Å². The standard InChI is InChI=1S/C22H24N4O/c1-15-10-16(2)20(17(3)11-15)25-21(27)19-12-23-22(24-13-19)26(4)14-18-8-6-5-7-9-18/h5-13H,14H2,1-4H3,(H,25,27). The molecule has 0 aliphatic heterocycles. The molecule has 1 N–H and O–H groups in total. The topological polar surface area (TPSA) is 58.1 Å². The van der Waals surface area contributed by atoms with Crippen molar-refractivity contribution in [2.24, 2.45) is 0 Å². The summed E-state index contributed by atoms with van der Waals surface area (Å²) in [7, 11) is 1.93. The minimum Gasteiger partial charge on any atom is -0.340 e. The second-order valence-corrected chi connectivity index (χ2v) is 6.84. The van der Waals surface area contributed by atoms with Crippen molar-refractivity contribution < 1.29 is 4.79 Å². The van der Waals surface area contributed by atoms with E-state index in [-0.39, 0.29) is 5.91 Å². The molecule has 3 aromatic rings. The molecule has 0 unspecified atom stereocenters. The van der Waals surface area contributed by atoms with E-state index in [1.807, 2.05) is 50.9 Å². The van der Waals surface area contributed by atoms with Crippen LogP contribution in [0.3, 0.4) is 0 Å². The van der Waals surface area contributed by atoms with Gasteiger partial charge in [-0.1, -0.05) is 48.0 Å². The Morgan fingerprint density at radius 1 is 1.00 bits per heavy atom. The zero-order valence-corrected chi connectivity index (χ0v) is 16.2. The molecule has 0 aliphatic rings. The van der Waals surface area contributed by atoms with Crippen molar-refractivity contribution in [2.75, 3.05) is 17.3 Å². The van der Waals surface area contributed by atoms with Crippen LogP contribution in [-0.4, -0.2) is 22.9 Å². The number of nitrogens with one attached hydrogen (secondary N) is 1. The van der Waals surface area contributed by atoms with Crippen LogP contribution in [0.5, 0.6) is 0 Å². The maximum Gasteiger partial charge on any atom is 0.258 e. The Hall–Kier alpha value is -3.21. The van der Waals surface area contributed by atoms with Crippen molar-refractivity contribution in [2.45, 2.75) is 27.3 Å². The molecule has 0 radical (unpaired) electrons. The molecule has 2 aromatic carbocycles. The molecule has 0 fully saturated rings. The highest BCUT2D eigenvalue weighted by Crippen LogP contribution is 2.22. The van der Waals surface area contributed by atoms with Gasteiger partial charge in [0.1, 0.15) is 0 Å². The van der Waals surface area contributed by atoms with E-state index in [1.54, 1.807) is 12.4 Å². The first-order valence-electron chi connectivity index (χ1n) is 8.90. The van der Waals surface area contributed by atoms with Crippen LogP contribution in [0.4, 0.5) is 11.6 Å². The monoisotopic (exact) mass is 360 g/mol. The van der Waals surface area contributed by atoms with Crippen LogP contribution in [0.1, 0.15) is 32.6 Å². The molecule has 0 aliphatic carbocycles. The quantitative estimate of drug-likeness (QED) is 0.737. The number of anilines is 2. The van der Waals surface area contributed by atoms with Gasteiger partial charge >= 0.3 is 0 Å². The molecule has 0 bridgehead atoms. The largest absolute Gasteiger partial charge is 0.340 e. The number of benzene rings is 2. The smallest absolute Gasteiger partial charge is 0.258 e. The van der Waals surface area contributed by atoms with Gasteiger partial charge < -0.3 is 10.2 Å². The van der Waals surface area contributed by atoms with Gasteiger partial charge in [-0.3, -0.25) is 4.79 Å². The molecule has 0 saturated heterocycles. The molecule has 0 spiro atoms. The van der Waals surface area contributed by atoms with Crippen molar-refractivity contribution in [3.63, 3.8) is 0 Å². The van der Waals surface area contributed by atoms with E-state index in [2.05, 4.69) is 39.6 Å². The highest BCUT2D eigenvalue weighted by Gasteiger charge is 2.12. The summed E-state index contributed by atoms with van der Waals surface area (Å²) in [4.78, 5) is 23.2. The number of carbonyl (C=O) groups excluding carboxylic acids is 1. The summed E-state index contributed by atoms with van der Waals surface area (Å²) in [6.07, 6.45) is 3.13. The molecule has 138 valence electrons. The lowest BCUT2D eigenvalue weighted by Gasteiger charge is -2.17. The van der Waals surface area contributed by atoms with Crippen molar-refractivity contribution in [3.8, 4) is 0 Å². The van der Waals surface area contributed by atoms with Crippen LogP contribution >= 0.6 is 0 Å². The molecule has 1 aromatic heterocycles. The van der Waals surface area contributed by atoms with Crippen LogP contribution in [0.25, 0.3) is 0 Å². The van der Waals surface area contributed by atoms with Crippen LogP contribution < -0.4 is 10.2 Å². The van der Waals surface area contributed by atoms with Crippen molar-refractivity contribution in [1.29, 1.82) is 0 Å². The first kappa shape index (κ1) is 18.6. The predicted octanol–water partition coefficient (Wildman–Crippen LogP) is 4.29. The molecule has 1 amide bonds. The SMILES string of the molecule is Cc1cc(C)c(NC(=O)c2cnc(N(C)Cc3ccccc3)nc2)c(C)c1.